The molecule has 1 aromatic carbocycles. The van der Waals surface area contributed by atoms with Crippen LogP contribution in [0.3, 0.4) is 0 Å². The molecule has 0 radical (unpaired) electrons. The number of halogens is 3. The summed E-state index contributed by atoms with van der Waals surface area (Å²) in [6.45, 7) is 0.237. The number of benzene rings is 1. The highest BCUT2D eigenvalue weighted by atomic mass is 19.4. The largest absolute Gasteiger partial charge is 0.467 e. The van der Waals surface area contributed by atoms with Gasteiger partial charge in [-0.25, -0.2) is 19.7 Å². The van der Waals surface area contributed by atoms with E-state index in [0.29, 0.717) is 29.9 Å². The Balaban J connectivity index is 1.38. The molecule has 0 saturated heterocycles. The van der Waals surface area contributed by atoms with E-state index in [9.17, 15) is 18.0 Å². The van der Waals surface area contributed by atoms with Crippen molar-refractivity contribution in [3.05, 3.63) is 84.7 Å². The molecule has 250 valence electrons. The number of nitrogens with zero attached hydrogens (tertiary/aromatic N) is 9. The first kappa shape index (κ1) is 32.6. The van der Waals surface area contributed by atoms with Gasteiger partial charge in [-0.05, 0) is 31.2 Å². The van der Waals surface area contributed by atoms with Gasteiger partial charge >= 0.3 is 18.2 Å². The number of carbonyl (C=O) groups excluding carboxylic acids is 1. The number of allylic oxidation sites excluding steroid dienone is 1. The third-order valence-corrected chi connectivity index (χ3v) is 8.25. The predicted octanol–water partition coefficient (Wildman–Crippen LogP) is 4.96. The average Bonchev–Trinajstić information content (AvgIpc) is 3.53. The van der Waals surface area contributed by atoms with Crippen molar-refractivity contribution in [1.82, 2.24) is 40.3 Å². The quantitative estimate of drug-likeness (QED) is 0.238. The maximum absolute atomic E-state index is 14.3. The lowest BCUT2D eigenvalue weighted by Crippen LogP contribution is -2.68. The maximum atomic E-state index is 14.3. The van der Waals surface area contributed by atoms with E-state index in [1.165, 1.54) is 40.2 Å². The molecule has 2 amide bonds. The van der Waals surface area contributed by atoms with E-state index in [-0.39, 0.29) is 18.4 Å². The molecule has 16 heteroatoms. The molecule has 3 aromatic heterocycles. The molecule has 2 N–H and O–H groups in total. The number of hydrogen-bond acceptors (Lipinski definition) is 10. The van der Waals surface area contributed by atoms with Gasteiger partial charge in [-0.1, -0.05) is 36.8 Å². The van der Waals surface area contributed by atoms with Gasteiger partial charge in [-0.2, -0.15) is 18.3 Å². The third kappa shape index (κ3) is 6.97. The monoisotopic (exact) mass is 661 g/mol. The fraction of sp³-hybridized carbons (Fsp3) is 0.344. The molecular formula is C32H34F3N11O2. The van der Waals surface area contributed by atoms with Gasteiger partial charge in [0, 0.05) is 50.0 Å². The van der Waals surface area contributed by atoms with Gasteiger partial charge in [-0.15, -0.1) is 0 Å². The summed E-state index contributed by atoms with van der Waals surface area (Å²) in [6, 6.07) is 10.8. The van der Waals surface area contributed by atoms with Crippen LogP contribution in [0.1, 0.15) is 37.7 Å². The normalized spacial score (nSPS) is 17.5. The third-order valence-electron chi connectivity index (χ3n) is 8.25. The second kappa shape index (κ2) is 13.8. The molecule has 1 aliphatic heterocycles. The van der Waals surface area contributed by atoms with E-state index in [2.05, 4.69) is 40.7 Å². The Hall–Kier alpha value is -5.38. The van der Waals surface area contributed by atoms with Crippen LogP contribution in [0.4, 0.5) is 29.6 Å². The number of rotatable bonds is 9. The Bertz CT molecular complexity index is 1750. The second-order valence-corrected chi connectivity index (χ2v) is 11.4. The molecule has 2 aliphatic rings. The van der Waals surface area contributed by atoms with Crippen molar-refractivity contribution < 1.29 is 22.7 Å². The SMILES string of the molecule is COc1ncc(-c2cnc(N(C(=O)NCc3ccccc3)C3(NC4N=CC(C(F)(F)F)=CN4c4ccnn4C)CCCCC3)cn2)cn1. The van der Waals surface area contributed by atoms with Gasteiger partial charge in [-0.3, -0.25) is 29.8 Å². The minimum Gasteiger partial charge on any atom is -0.467 e. The van der Waals surface area contributed by atoms with Crippen molar-refractivity contribution in [2.75, 3.05) is 16.9 Å². The second-order valence-electron chi connectivity index (χ2n) is 11.4. The molecule has 4 heterocycles. The molecule has 13 nitrogen and oxygen atoms in total. The number of ether oxygens (including phenoxy) is 1. The molecule has 6 rings (SSSR count). The molecule has 1 saturated carbocycles. The summed E-state index contributed by atoms with van der Waals surface area (Å²) in [5.41, 5.74) is -0.0693. The van der Waals surface area contributed by atoms with Crippen LogP contribution in [0.15, 0.2) is 84.1 Å². The van der Waals surface area contributed by atoms with Gasteiger partial charge in [0.15, 0.2) is 12.1 Å². The molecule has 0 spiro atoms. The van der Waals surface area contributed by atoms with E-state index in [1.807, 2.05) is 30.3 Å². The summed E-state index contributed by atoms with van der Waals surface area (Å²) in [7, 11) is 3.10. The van der Waals surface area contributed by atoms with Gasteiger partial charge in [0.1, 0.15) is 11.5 Å². The zero-order chi connectivity index (χ0) is 33.7. The number of amides is 2. The van der Waals surface area contributed by atoms with Crippen molar-refractivity contribution in [2.24, 2.45) is 12.0 Å². The summed E-state index contributed by atoms with van der Waals surface area (Å²) < 4.78 is 48.1. The number of urea groups is 1. The molecule has 48 heavy (non-hydrogen) atoms. The van der Waals surface area contributed by atoms with E-state index >= 15 is 0 Å². The van der Waals surface area contributed by atoms with Crippen LogP contribution >= 0.6 is 0 Å². The number of aryl methyl sites for hydroxylation is 1. The van der Waals surface area contributed by atoms with Crippen LogP contribution in [-0.4, -0.2) is 67.2 Å². The van der Waals surface area contributed by atoms with Crippen LogP contribution in [0.2, 0.25) is 0 Å². The summed E-state index contributed by atoms with van der Waals surface area (Å²) in [5, 5.41) is 10.7. The average molecular weight is 662 g/mol. The lowest BCUT2D eigenvalue weighted by atomic mass is 9.87. The first-order valence-electron chi connectivity index (χ1n) is 15.3. The zero-order valence-corrected chi connectivity index (χ0v) is 26.3. The zero-order valence-electron chi connectivity index (χ0n) is 26.3. The van der Waals surface area contributed by atoms with Crippen molar-refractivity contribution in [3.63, 3.8) is 0 Å². The van der Waals surface area contributed by atoms with Crippen LogP contribution in [0.25, 0.3) is 11.3 Å². The molecule has 4 aromatic rings. The fourth-order valence-electron chi connectivity index (χ4n) is 5.86. The molecule has 1 aliphatic carbocycles. The number of aromatic nitrogens is 6. The minimum absolute atomic E-state index is 0.206. The lowest BCUT2D eigenvalue weighted by molar-refractivity contribution is -0.0861. The van der Waals surface area contributed by atoms with Gasteiger partial charge in [0.25, 0.3) is 0 Å². The van der Waals surface area contributed by atoms with E-state index in [0.717, 1.165) is 37.2 Å². The maximum Gasteiger partial charge on any atom is 0.419 e. The molecule has 1 fully saturated rings. The summed E-state index contributed by atoms with van der Waals surface area (Å²) >= 11 is 0. The number of methoxy groups -OCH3 is 1. The predicted molar refractivity (Wildman–Crippen MR) is 172 cm³/mol. The standard InChI is InChI=1S/C32H34F3N11O2/c1-44-27(11-14-42-44)45-21-24(32(33,34)35)18-38-28(45)43-31(12-7-4-8-13-31)46(30(47)41-15-22-9-5-3-6-10-22)26-20-36-25(19-37-26)23-16-39-29(48-2)40-17-23/h3,5-6,9-11,14,16-21,28,43H,4,7-8,12-13,15H2,1-2H3,(H,41,47). The van der Waals surface area contributed by atoms with Crippen molar-refractivity contribution in [1.29, 1.82) is 0 Å². The molecule has 1 unspecified atom stereocenters. The Morgan fingerprint density at radius 1 is 1.02 bits per heavy atom. The smallest absolute Gasteiger partial charge is 0.419 e. The van der Waals surface area contributed by atoms with E-state index < -0.39 is 29.7 Å². The van der Waals surface area contributed by atoms with E-state index in [1.54, 1.807) is 25.5 Å². The first-order chi connectivity index (χ1) is 23.2. The molecular weight excluding hydrogens is 627 g/mol. The number of alkyl halides is 3. The molecule has 1 atom stereocenters. The molecule has 0 bridgehead atoms. The minimum atomic E-state index is -4.62. The Morgan fingerprint density at radius 2 is 1.77 bits per heavy atom. The van der Waals surface area contributed by atoms with Crippen molar-refractivity contribution in [2.45, 2.75) is 56.8 Å². The highest BCUT2D eigenvalue weighted by Gasteiger charge is 2.46. The van der Waals surface area contributed by atoms with Crippen LogP contribution in [0.5, 0.6) is 6.01 Å². The number of aliphatic imine (C=N–C) groups is 1. The Labute approximate surface area is 274 Å². The highest BCUT2D eigenvalue weighted by Crippen LogP contribution is 2.37. The van der Waals surface area contributed by atoms with Crippen LogP contribution < -0.4 is 25.2 Å². The van der Waals surface area contributed by atoms with Crippen LogP contribution in [-0.2, 0) is 13.6 Å². The number of nitrogens with one attached hydrogen (secondary N) is 2. The van der Waals surface area contributed by atoms with Crippen molar-refractivity contribution >= 4 is 23.9 Å². The van der Waals surface area contributed by atoms with Gasteiger partial charge in [0.2, 0.25) is 0 Å². The van der Waals surface area contributed by atoms with Crippen LogP contribution in [0, 0.1) is 0 Å². The highest BCUT2D eigenvalue weighted by molar-refractivity contribution is 5.92. The number of anilines is 2. The van der Waals surface area contributed by atoms with Gasteiger partial charge in [0.05, 0.1) is 37.0 Å². The van der Waals surface area contributed by atoms with Gasteiger partial charge < -0.3 is 10.1 Å². The van der Waals surface area contributed by atoms with E-state index in [4.69, 9.17) is 4.74 Å². The Kier molecular flexibility index (Phi) is 9.34. The fourth-order valence-corrected chi connectivity index (χ4v) is 5.86. The summed E-state index contributed by atoms with van der Waals surface area (Å²) in [6.07, 6.45) is 7.16. The number of hydrogen-bond donors (Lipinski definition) is 2. The topological polar surface area (TPSA) is 139 Å². The summed E-state index contributed by atoms with van der Waals surface area (Å²) in [4.78, 5) is 39.0. The lowest BCUT2D eigenvalue weighted by Gasteiger charge is -2.48. The first-order valence-corrected chi connectivity index (χ1v) is 15.3. The van der Waals surface area contributed by atoms with Crippen molar-refractivity contribution in [3.8, 4) is 17.3 Å². The Morgan fingerprint density at radius 3 is 2.40 bits per heavy atom. The number of carbonyl (C=O) groups is 1. The summed E-state index contributed by atoms with van der Waals surface area (Å²) in [5.74, 6) is 0.620.